The van der Waals surface area contributed by atoms with Crippen molar-refractivity contribution in [1.29, 1.82) is 5.41 Å². The first-order valence-electron chi connectivity index (χ1n) is 10.9. The van der Waals surface area contributed by atoms with Crippen LogP contribution in [0.4, 0.5) is 21.5 Å². The predicted molar refractivity (Wildman–Crippen MR) is 136 cm³/mol. The molecule has 0 radical (unpaired) electrons. The maximum atomic E-state index is 15.0. The molecule has 1 amide bonds. The summed E-state index contributed by atoms with van der Waals surface area (Å²) in [6.45, 7) is 2.18. The van der Waals surface area contributed by atoms with Gasteiger partial charge < -0.3 is 27.9 Å². The number of nitrogens with one attached hydrogen (secondary N) is 3. The fourth-order valence-corrected chi connectivity index (χ4v) is 3.41. The van der Waals surface area contributed by atoms with Crippen LogP contribution in [0.2, 0.25) is 0 Å². The summed E-state index contributed by atoms with van der Waals surface area (Å²) in [5.41, 5.74) is 21.6. The minimum absolute atomic E-state index is 0.0517. The van der Waals surface area contributed by atoms with Gasteiger partial charge in [-0.05, 0) is 23.8 Å². The number of amidine groups is 1. The molecule has 3 rings (SSSR count). The van der Waals surface area contributed by atoms with Crippen molar-refractivity contribution in [2.24, 2.45) is 5.73 Å². The SMILES string of the molecule is CCN(C)Nc1c(F)cc(-c2cc(N)cc(N)c2)n(CC(=O)NCc2ccc(C(=N)N)cc2)c1=O. The van der Waals surface area contributed by atoms with Gasteiger partial charge in [-0.3, -0.25) is 19.6 Å². The summed E-state index contributed by atoms with van der Waals surface area (Å²) in [5.74, 6) is -1.28. The number of hydrazine groups is 1. The lowest BCUT2D eigenvalue weighted by atomic mass is 10.1. The smallest absolute Gasteiger partial charge is 0.279 e. The Morgan fingerprint density at radius 3 is 2.31 bits per heavy atom. The molecular formula is C24H29FN8O2. The van der Waals surface area contributed by atoms with Gasteiger partial charge in [-0.1, -0.05) is 31.2 Å². The average molecular weight is 481 g/mol. The number of aromatic nitrogens is 1. The molecule has 11 heteroatoms. The Hall–Kier alpha value is -4.38. The van der Waals surface area contributed by atoms with E-state index in [9.17, 15) is 14.0 Å². The number of benzene rings is 2. The Labute approximate surface area is 202 Å². The fraction of sp³-hybridized carbons (Fsp3) is 0.208. The van der Waals surface area contributed by atoms with E-state index in [0.29, 0.717) is 29.0 Å². The van der Waals surface area contributed by atoms with Crippen molar-refractivity contribution in [2.75, 3.05) is 30.5 Å². The molecule has 0 fully saturated rings. The molecule has 35 heavy (non-hydrogen) atoms. The van der Waals surface area contributed by atoms with Crippen LogP contribution in [0.5, 0.6) is 0 Å². The molecule has 10 nitrogen and oxygen atoms in total. The third-order valence-corrected chi connectivity index (χ3v) is 5.36. The number of halogens is 1. The maximum absolute atomic E-state index is 15.0. The molecule has 0 atom stereocenters. The summed E-state index contributed by atoms with van der Waals surface area (Å²) in [6.07, 6.45) is 0. The van der Waals surface area contributed by atoms with Gasteiger partial charge in [-0.15, -0.1) is 0 Å². The van der Waals surface area contributed by atoms with Gasteiger partial charge >= 0.3 is 0 Å². The fourth-order valence-electron chi connectivity index (χ4n) is 3.41. The summed E-state index contributed by atoms with van der Waals surface area (Å²) in [6, 6.07) is 12.7. The van der Waals surface area contributed by atoms with Gasteiger partial charge in [0, 0.05) is 48.7 Å². The minimum atomic E-state index is -0.770. The number of hydrogen-bond donors (Lipinski definition) is 6. The standard InChI is InChI=1S/C24H29FN8O2/c1-3-32(2)31-22-19(25)11-20(16-8-17(26)10-18(27)9-16)33(24(22)35)13-21(34)30-12-14-4-6-15(7-5-14)23(28)29/h4-11,31H,3,12-13,26-27H2,1-2H3,(H3,28,29)(H,30,34). The molecule has 0 spiro atoms. The molecule has 184 valence electrons. The van der Waals surface area contributed by atoms with E-state index in [0.717, 1.165) is 5.56 Å². The molecule has 0 bridgehead atoms. The second-order valence-corrected chi connectivity index (χ2v) is 8.05. The van der Waals surface area contributed by atoms with E-state index in [1.165, 1.54) is 10.6 Å². The van der Waals surface area contributed by atoms with E-state index in [1.54, 1.807) is 54.5 Å². The van der Waals surface area contributed by atoms with Crippen LogP contribution in [0, 0.1) is 11.2 Å². The van der Waals surface area contributed by atoms with Gasteiger partial charge in [-0.2, -0.15) is 0 Å². The Morgan fingerprint density at radius 1 is 1.11 bits per heavy atom. The summed E-state index contributed by atoms with van der Waals surface area (Å²) >= 11 is 0. The van der Waals surface area contributed by atoms with E-state index in [2.05, 4.69) is 10.7 Å². The number of nitrogens with zero attached hydrogens (tertiary/aromatic N) is 2. The summed E-state index contributed by atoms with van der Waals surface area (Å²) in [5, 5.41) is 11.8. The zero-order chi connectivity index (χ0) is 25.7. The number of pyridine rings is 1. The third kappa shape index (κ3) is 6.15. The van der Waals surface area contributed by atoms with Crippen molar-refractivity contribution in [1.82, 2.24) is 14.9 Å². The summed E-state index contributed by atoms with van der Waals surface area (Å²) in [7, 11) is 1.67. The van der Waals surface area contributed by atoms with Crippen LogP contribution in [-0.4, -0.2) is 34.9 Å². The van der Waals surface area contributed by atoms with Crippen LogP contribution < -0.4 is 33.5 Å². The molecule has 0 aliphatic heterocycles. The van der Waals surface area contributed by atoms with Crippen LogP contribution >= 0.6 is 0 Å². The normalized spacial score (nSPS) is 10.9. The zero-order valence-electron chi connectivity index (χ0n) is 19.6. The quantitative estimate of drug-likeness (QED) is 0.117. The highest BCUT2D eigenvalue weighted by Crippen LogP contribution is 2.26. The van der Waals surface area contributed by atoms with E-state index < -0.39 is 17.3 Å². The molecule has 0 saturated heterocycles. The second-order valence-electron chi connectivity index (χ2n) is 8.05. The number of rotatable bonds is 9. The molecule has 3 aromatic rings. The first-order valence-corrected chi connectivity index (χ1v) is 10.9. The maximum Gasteiger partial charge on any atom is 0.279 e. The number of anilines is 3. The Balaban J connectivity index is 1.94. The molecule has 2 aromatic carbocycles. The molecule has 0 unspecified atom stereocenters. The van der Waals surface area contributed by atoms with Crippen molar-refractivity contribution >= 4 is 28.8 Å². The van der Waals surface area contributed by atoms with Gasteiger partial charge in [-0.25, -0.2) is 9.40 Å². The number of amides is 1. The second kappa shape index (κ2) is 10.7. The number of carbonyl (C=O) groups is 1. The topological polar surface area (TPSA) is 168 Å². The molecule has 0 aliphatic rings. The van der Waals surface area contributed by atoms with E-state index in [-0.39, 0.29) is 30.3 Å². The molecule has 9 N–H and O–H groups in total. The average Bonchev–Trinajstić information content (AvgIpc) is 2.81. The van der Waals surface area contributed by atoms with E-state index in [1.807, 2.05) is 6.92 Å². The minimum Gasteiger partial charge on any atom is -0.399 e. The van der Waals surface area contributed by atoms with Crippen LogP contribution in [0.15, 0.2) is 53.3 Å². The van der Waals surface area contributed by atoms with Crippen LogP contribution in [0.1, 0.15) is 18.1 Å². The highest BCUT2D eigenvalue weighted by molar-refractivity contribution is 5.94. The lowest BCUT2D eigenvalue weighted by Crippen LogP contribution is -2.36. The molecular weight excluding hydrogens is 451 g/mol. The van der Waals surface area contributed by atoms with Crippen molar-refractivity contribution in [3.8, 4) is 11.3 Å². The number of hydrogen-bond acceptors (Lipinski definition) is 7. The first-order chi connectivity index (χ1) is 16.6. The van der Waals surface area contributed by atoms with Crippen molar-refractivity contribution in [2.45, 2.75) is 20.0 Å². The van der Waals surface area contributed by atoms with Crippen LogP contribution in [0.3, 0.4) is 0 Å². The summed E-state index contributed by atoms with van der Waals surface area (Å²) < 4.78 is 16.2. The zero-order valence-corrected chi connectivity index (χ0v) is 19.6. The van der Waals surface area contributed by atoms with Crippen molar-refractivity contribution in [3.05, 3.63) is 75.8 Å². The Morgan fingerprint density at radius 2 is 1.74 bits per heavy atom. The molecule has 0 saturated carbocycles. The first kappa shape index (κ1) is 25.2. The molecule has 0 aliphatic carbocycles. The molecule has 1 aromatic heterocycles. The van der Waals surface area contributed by atoms with Gasteiger partial charge in [0.2, 0.25) is 5.91 Å². The Kier molecular flexibility index (Phi) is 7.72. The van der Waals surface area contributed by atoms with E-state index in [4.69, 9.17) is 22.6 Å². The van der Waals surface area contributed by atoms with Gasteiger partial charge in [0.15, 0.2) is 11.5 Å². The molecule has 1 heterocycles. The summed E-state index contributed by atoms with van der Waals surface area (Å²) in [4.78, 5) is 26.1. The number of carbonyl (C=O) groups excluding carboxylic acids is 1. The highest BCUT2D eigenvalue weighted by Gasteiger charge is 2.19. The monoisotopic (exact) mass is 480 g/mol. The lowest BCUT2D eigenvalue weighted by Gasteiger charge is -2.20. The lowest BCUT2D eigenvalue weighted by molar-refractivity contribution is -0.121. The van der Waals surface area contributed by atoms with Gasteiger partial charge in [0.25, 0.3) is 5.56 Å². The Bertz CT molecular complexity index is 1280. The van der Waals surface area contributed by atoms with Crippen molar-refractivity contribution < 1.29 is 9.18 Å². The number of nitrogen functional groups attached to an aromatic ring is 3. The van der Waals surface area contributed by atoms with Crippen molar-refractivity contribution in [3.63, 3.8) is 0 Å². The largest absolute Gasteiger partial charge is 0.399 e. The van der Waals surface area contributed by atoms with Gasteiger partial charge in [0.05, 0.1) is 5.69 Å². The van der Waals surface area contributed by atoms with Crippen LogP contribution in [-0.2, 0) is 17.9 Å². The predicted octanol–water partition coefficient (Wildman–Crippen LogP) is 1.70. The highest BCUT2D eigenvalue weighted by atomic mass is 19.1. The van der Waals surface area contributed by atoms with Gasteiger partial charge in [0.1, 0.15) is 12.4 Å². The van der Waals surface area contributed by atoms with E-state index >= 15 is 0 Å². The number of nitrogens with two attached hydrogens (primary N) is 3. The van der Waals surface area contributed by atoms with Crippen LogP contribution in [0.25, 0.3) is 11.3 Å². The third-order valence-electron chi connectivity index (χ3n) is 5.36.